The van der Waals surface area contributed by atoms with Crippen LogP contribution in [0.25, 0.3) is 5.82 Å². The summed E-state index contributed by atoms with van der Waals surface area (Å²) in [6, 6.07) is 6.23. The monoisotopic (exact) mass is 352 g/mol. The van der Waals surface area contributed by atoms with Crippen LogP contribution >= 0.6 is 0 Å². The van der Waals surface area contributed by atoms with Crippen LogP contribution in [0.4, 0.5) is 0 Å². The maximum atomic E-state index is 12.6. The van der Waals surface area contributed by atoms with Crippen molar-refractivity contribution in [1.82, 2.24) is 19.4 Å². The molecule has 2 aliphatic rings. The minimum atomic E-state index is 0.285. The lowest BCUT2D eigenvalue weighted by molar-refractivity contribution is -0.139. The molecular formula is C21H28N4O. The molecule has 1 atom stereocenters. The van der Waals surface area contributed by atoms with E-state index in [4.69, 9.17) is 4.98 Å². The van der Waals surface area contributed by atoms with Gasteiger partial charge >= 0.3 is 0 Å². The molecule has 0 radical (unpaired) electrons. The molecule has 3 heterocycles. The van der Waals surface area contributed by atoms with Gasteiger partial charge in [0, 0.05) is 48.9 Å². The summed E-state index contributed by atoms with van der Waals surface area (Å²) >= 11 is 0. The quantitative estimate of drug-likeness (QED) is 0.838. The standard InChI is InChI=1S/C21H28N4O/c1-15(2)20-22-11-13-25(20)19-10-4-9-18(23-19)17-8-5-12-24(14-17)21(26)16-6-3-7-16/h4,9-11,13,15-17H,3,5-8,12,14H2,1-2H3. The number of amides is 1. The van der Waals surface area contributed by atoms with Gasteiger partial charge < -0.3 is 4.90 Å². The molecule has 2 aromatic heterocycles. The molecule has 26 heavy (non-hydrogen) atoms. The molecular weight excluding hydrogens is 324 g/mol. The smallest absolute Gasteiger partial charge is 0.225 e. The summed E-state index contributed by atoms with van der Waals surface area (Å²) in [5.74, 6) is 3.28. The number of likely N-dealkylation sites (tertiary alicyclic amines) is 1. The van der Waals surface area contributed by atoms with Crippen molar-refractivity contribution in [1.29, 1.82) is 0 Å². The predicted octanol–water partition coefficient (Wildman–Crippen LogP) is 3.90. The first-order valence-corrected chi connectivity index (χ1v) is 9.93. The Hall–Kier alpha value is -2.17. The summed E-state index contributed by atoms with van der Waals surface area (Å²) in [6.45, 7) is 6.01. The number of rotatable bonds is 4. The minimum absolute atomic E-state index is 0.285. The molecule has 138 valence electrons. The van der Waals surface area contributed by atoms with Gasteiger partial charge in [0.2, 0.25) is 5.91 Å². The molecule has 1 aliphatic carbocycles. The van der Waals surface area contributed by atoms with Crippen molar-refractivity contribution >= 4 is 5.91 Å². The molecule has 1 unspecified atom stereocenters. The number of hydrogen-bond acceptors (Lipinski definition) is 3. The molecule has 0 aromatic carbocycles. The van der Waals surface area contributed by atoms with Crippen molar-refractivity contribution in [3.05, 3.63) is 42.1 Å². The van der Waals surface area contributed by atoms with Crippen molar-refractivity contribution in [3.63, 3.8) is 0 Å². The third-order valence-corrected chi connectivity index (χ3v) is 5.79. The van der Waals surface area contributed by atoms with Gasteiger partial charge in [-0.1, -0.05) is 26.3 Å². The summed E-state index contributed by atoms with van der Waals surface area (Å²) in [5.41, 5.74) is 1.09. The van der Waals surface area contributed by atoms with Crippen LogP contribution in [0.3, 0.4) is 0 Å². The lowest BCUT2D eigenvalue weighted by atomic mass is 9.83. The average Bonchev–Trinajstić information content (AvgIpc) is 3.10. The first-order valence-electron chi connectivity index (χ1n) is 9.93. The fourth-order valence-corrected chi connectivity index (χ4v) is 4.07. The summed E-state index contributed by atoms with van der Waals surface area (Å²) in [4.78, 5) is 24.1. The highest BCUT2D eigenvalue weighted by molar-refractivity contribution is 5.79. The van der Waals surface area contributed by atoms with Crippen LogP contribution in [0.1, 0.15) is 69.3 Å². The second-order valence-corrected chi connectivity index (χ2v) is 7.98. The van der Waals surface area contributed by atoms with Gasteiger partial charge in [-0.2, -0.15) is 0 Å². The number of aromatic nitrogens is 3. The van der Waals surface area contributed by atoms with Crippen molar-refractivity contribution in [2.24, 2.45) is 5.92 Å². The lowest BCUT2D eigenvalue weighted by Crippen LogP contribution is -2.44. The molecule has 5 nitrogen and oxygen atoms in total. The normalized spacial score (nSPS) is 21.0. The number of hydrogen-bond donors (Lipinski definition) is 0. The van der Waals surface area contributed by atoms with Gasteiger partial charge in [0.25, 0.3) is 0 Å². The van der Waals surface area contributed by atoms with Gasteiger partial charge in [-0.3, -0.25) is 9.36 Å². The first-order chi connectivity index (χ1) is 12.6. The van der Waals surface area contributed by atoms with Gasteiger partial charge in [0.05, 0.1) is 0 Å². The molecule has 1 saturated heterocycles. The zero-order chi connectivity index (χ0) is 18.1. The van der Waals surface area contributed by atoms with Crippen molar-refractivity contribution in [2.45, 2.75) is 57.8 Å². The van der Waals surface area contributed by atoms with Crippen LogP contribution in [0.2, 0.25) is 0 Å². The van der Waals surface area contributed by atoms with Gasteiger partial charge in [0.1, 0.15) is 11.6 Å². The molecule has 0 spiro atoms. The second-order valence-electron chi connectivity index (χ2n) is 7.98. The average molecular weight is 352 g/mol. The molecule has 1 saturated carbocycles. The van der Waals surface area contributed by atoms with E-state index in [2.05, 4.69) is 40.4 Å². The molecule has 2 fully saturated rings. The van der Waals surface area contributed by atoms with E-state index in [1.165, 1.54) is 6.42 Å². The summed E-state index contributed by atoms with van der Waals surface area (Å²) in [7, 11) is 0. The topological polar surface area (TPSA) is 51.0 Å². The van der Waals surface area contributed by atoms with Gasteiger partial charge in [0.15, 0.2) is 0 Å². The van der Waals surface area contributed by atoms with Crippen LogP contribution in [-0.4, -0.2) is 38.4 Å². The van der Waals surface area contributed by atoms with E-state index in [1.54, 1.807) is 0 Å². The van der Waals surface area contributed by atoms with E-state index in [0.29, 0.717) is 17.7 Å². The van der Waals surface area contributed by atoms with E-state index in [-0.39, 0.29) is 5.92 Å². The van der Waals surface area contributed by atoms with Crippen LogP contribution in [-0.2, 0) is 4.79 Å². The van der Waals surface area contributed by atoms with E-state index >= 15 is 0 Å². The highest BCUT2D eigenvalue weighted by atomic mass is 16.2. The van der Waals surface area contributed by atoms with Crippen molar-refractivity contribution in [3.8, 4) is 5.82 Å². The van der Waals surface area contributed by atoms with E-state index in [9.17, 15) is 4.79 Å². The Balaban J connectivity index is 1.54. The Morgan fingerprint density at radius 3 is 2.77 bits per heavy atom. The Morgan fingerprint density at radius 1 is 1.19 bits per heavy atom. The van der Waals surface area contributed by atoms with E-state index in [0.717, 1.165) is 56.1 Å². The van der Waals surface area contributed by atoms with Crippen LogP contribution < -0.4 is 0 Å². The number of imidazole rings is 1. The Morgan fingerprint density at radius 2 is 2.04 bits per heavy atom. The molecule has 1 amide bonds. The van der Waals surface area contributed by atoms with Crippen LogP contribution in [0, 0.1) is 5.92 Å². The number of pyridine rings is 1. The van der Waals surface area contributed by atoms with Gasteiger partial charge in [-0.05, 0) is 37.8 Å². The number of carbonyl (C=O) groups is 1. The summed E-state index contributed by atoms with van der Waals surface area (Å²) < 4.78 is 2.08. The predicted molar refractivity (Wildman–Crippen MR) is 101 cm³/mol. The fourth-order valence-electron chi connectivity index (χ4n) is 4.07. The summed E-state index contributed by atoms with van der Waals surface area (Å²) in [5, 5.41) is 0. The van der Waals surface area contributed by atoms with E-state index < -0.39 is 0 Å². The highest BCUT2D eigenvalue weighted by Crippen LogP contribution is 2.32. The first kappa shape index (κ1) is 17.3. The zero-order valence-electron chi connectivity index (χ0n) is 15.8. The van der Waals surface area contributed by atoms with Crippen molar-refractivity contribution < 1.29 is 4.79 Å². The molecule has 2 aromatic rings. The van der Waals surface area contributed by atoms with Crippen molar-refractivity contribution in [2.75, 3.05) is 13.1 Å². The SMILES string of the molecule is CC(C)c1nccn1-c1cccc(C2CCCN(C(=O)C3CCC3)C2)n1. The molecule has 4 rings (SSSR count). The fraction of sp³-hybridized carbons (Fsp3) is 0.571. The number of carbonyl (C=O) groups excluding carboxylic acids is 1. The Labute approximate surface area is 155 Å². The number of piperidine rings is 1. The third kappa shape index (κ3) is 3.27. The molecule has 0 N–H and O–H groups in total. The van der Waals surface area contributed by atoms with Gasteiger partial charge in [-0.25, -0.2) is 9.97 Å². The highest BCUT2D eigenvalue weighted by Gasteiger charge is 2.32. The number of nitrogens with zero attached hydrogens (tertiary/aromatic N) is 4. The van der Waals surface area contributed by atoms with Crippen LogP contribution in [0.15, 0.2) is 30.6 Å². The maximum Gasteiger partial charge on any atom is 0.225 e. The Kier molecular flexibility index (Phi) is 4.79. The molecule has 0 bridgehead atoms. The lowest BCUT2D eigenvalue weighted by Gasteiger charge is -2.37. The third-order valence-electron chi connectivity index (χ3n) is 5.79. The minimum Gasteiger partial charge on any atom is -0.342 e. The van der Waals surface area contributed by atoms with Crippen LogP contribution in [0.5, 0.6) is 0 Å². The molecule has 1 aliphatic heterocycles. The van der Waals surface area contributed by atoms with Gasteiger partial charge in [-0.15, -0.1) is 0 Å². The molecule has 5 heteroatoms. The Bertz CT molecular complexity index is 778. The second kappa shape index (κ2) is 7.22. The van der Waals surface area contributed by atoms with E-state index in [1.807, 2.05) is 18.5 Å². The zero-order valence-corrected chi connectivity index (χ0v) is 15.8. The largest absolute Gasteiger partial charge is 0.342 e. The maximum absolute atomic E-state index is 12.6. The summed E-state index contributed by atoms with van der Waals surface area (Å²) in [6.07, 6.45) is 9.35.